The molecule has 4 rings (SSSR count). The van der Waals surface area contributed by atoms with E-state index < -0.39 is 11.4 Å². The van der Waals surface area contributed by atoms with Crippen LogP contribution in [0, 0.1) is 0 Å². The number of aliphatic carboxylic acids is 1. The average molecular weight is 335 g/mol. The molecule has 1 aliphatic carbocycles. The Balaban J connectivity index is 1.61. The van der Waals surface area contributed by atoms with Crippen molar-refractivity contribution in [3.63, 3.8) is 0 Å². The number of carboxylic acids is 1. The summed E-state index contributed by atoms with van der Waals surface area (Å²) in [5.74, 6) is -0.920. The van der Waals surface area contributed by atoms with Crippen LogP contribution in [0.4, 0.5) is 0 Å². The van der Waals surface area contributed by atoms with Crippen LogP contribution in [0.5, 0.6) is 0 Å². The minimum Gasteiger partial charge on any atom is -0.481 e. The molecule has 1 fully saturated rings. The number of rotatable bonds is 3. The summed E-state index contributed by atoms with van der Waals surface area (Å²) in [7, 11) is 0. The second-order valence-corrected chi connectivity index (χ2v) is 7.07. The lowest BCUT2D eigenvalue weighted by molar-refractivity contribution is -0.143. The summed E-state index contributed by atoms with van der Waals surface area (Å²) in [6.45, 7) is 0.694. The van der Waals surface area contributed by atoms with Crippen LogP contribution in [0.3, 0.4) is 0 Å². The van der Waals surface area contributed by atoms with Gasteiger partial charge in [-0.05, 0) is 54.5 Å². The Kier molecular flexibility index (Phi) is 3.83. The summed E-state index contributed by atoms with van der Waals surface area (Å²) in [5.41, 5.74) is 3.04. The summed E-state index contributed by atoms with van der Waals surface area (Å²) < 4.78 is 0. The number of aryl methyl sites for hydroxylation is 2. The van der Waals surface area contributed by atoms with Crippen LogP contribution < -0.4 is 0 Å². The molecule has 0 spiro atoms. The van der Waals surface area contributed by atoms with Crippen molar-refractivity contribution < 1.29 is 14.7 Å². The van der Waals surface area contributed by atoms with Crippen molar-refractivity contribution in [3.8, 4) is 0 Å². The molecule has 0 radical (unpaired) electrons. The van der Waals surface area contributed by atoms with Gasteiger partial charge in [0.2, 0.25) is 0 Å². The van der Waals surface area contributed by atoms with Crippen molar-refractivity contribution in [1.82, 2.24) is 4.90 Å². The molecule has 2 aromatic carbocycles. The SMILES string of the molecule is O=C(c1ccc2c(c1)CCC2)N1CCC(C(=O)O)(c2ccccc2)C1. The van der Waals surface area contributed by atoms with Gasteiger partial charge < -0.3 is 10.0 Å². The summed E-state index contributed by atoms with van der Waals surface area (Å²) in [6.07, 6.45) is 3.71. The quantitative estimate of drug-likeness (QED) is 0.938. The standard InChI is InChI=1S/C21H21NO3/c23-19(17-10-9-15-5-4-6-16(15)13-17)22-12-11-21(14-22,20(24)25)18-7-2-1-3-8-18/h1-3,7-10,13H,4-6,11-12,14H2,(H,24,25). The number of hydrogen-bond acceptors (Lipinski definition) is 2. The molecule has 4 nitrogen and oxygen atoms in total. The van der Waals surface area contributed by atoms with Crippen molar-refractivity contribution >= 4 is 11.9 Å². The van der Waals surface area contributed by atoms with E-state index >= 15 is 0 Å². The zero-order chi connectivity index (χ0) is 17.4. The first-order chi connectivity index (χ1) is 12.1. The molecule has 128 valence electrons. The van der Waals surface area contributed by atoms with E-state index in [-0.39, 0.29) is 12.5 Å². The molecular weight excluding hydrogens is 314 g/mol. The molecule has 1 heterocycles. The fourth-order valence-corrected chi connectivity index (χ4v) is 4.16. The highest BCUT2D eigenvalue weighted by Gasteiger charge is 2.47. The van der Waals surface area contributed by atoms with Gasteiger partial charge in [0.15, 0.2) is 0 Å². The van der Waals surface area contributed by atoms with E-state index in [0.717, 1.165) is 24.8 Å². The van der Waals surface area contributed by atoms with E-state index in [4.69, 9.17) is 0 Å². The van der Waals surface area contributed by atoms with E-state index in [2.05, 4.69) is 0 Å². The molecule has 1 N–H and O–H groups in total. The fraction of sp³-hybridized carbons (Fsp3) is 0.333. The van der Waals surface area contributed by atoms with Gasteiger partial charge in [-0.25, -0.2) is 0 Å². The third-order valence-electron chi connectivity index (χ3n) is 5.64. The van der Waals surface area contributed by atoms with Gasteiger partial charge in [0, 0.05) is 18.7 Å². The van der Waals surface area contributed by atoms with E-state index in [1.54, 1.807) is 4.90 Å². The number of carbonyl (C=O) groups excluding carboxylic acids is 1. The number of benzene rings is 2. The van der Waals surface area contributed by atoms with Gasteiger partial charge in [-0.2, -0.15) is 0 Å². The average Bonchev–Trinajstić information content (AvgIpc) is 3.29. The van der Waals surface area contributed by atoms with Crippen LogP contribution in [0.25, 0.3) is 0 Å². The molecule has 1 amide bonds. The Bertz CT molecular complexity index is 830. The smallest absolute Gasteiger partial charge is 0.316 e. The van der Waals surface area contributed by atoms with Gasteiger partial charge >= 0.3 is 5.97 Å². The summed E-state index contributed by atoms with van der Waals surface area (Å²) >= 11 is 0. The van der Waals surface area contributed by atoms with Gasteiger partial charge in [0.05, 0.1) is 0 Å². The minimum atomic E-state index is -1.01. The molecular formula is C21H21NO3. The van der Waals surface area contributed by atoms with Gasteiger partial charge in [0.1, 0.15) is 5.41 Å². The van der Waals surface area contributed by atoms with Crippen LogP contribution in [0.2, 0.25) is 0 Å². The summed E-state index contributed by atoms with van der Waals surface area (Å²) in [6, 6.07) is 15.2. The maximum absolute atomic E-state index is 12.9. The Morgan fingerprint density at radius 3 is 2.52 bits per heavy atom. The van der Waals surface area contributed by atoms with Gasteiger partial charge in [-0.3, -0.25) is 9.59 Å². The Morgan fingerprint density at radius 1 is 1.00 bits per heavy atom. The number of carboxylic acid groups (broad SMARTS) is 1. The summed E-state index contributed by atoms with van der Waals surface area (Å²) in [5, 5.41) is 9.88. The second-order valence-electron chi connectivity index (χ2n) is 7.07. The summed E-state index contributed by atoms with van der Waals surface area (Å²) in [4.78, 5) is 26.7. The third kappa shape index (κ3) is 2.62. The molecule has 25 heavy (non-hydrogen) atoms. The molecule has 1 unspecified atom stereocenters. The number of amides is 1. The number of carbonyl (C=O) groups is 2. The van der Waals surface area contributed by atoms with Crippen molar-refractivity contribution in [3.05, 3.63) is 70.8 Å². The Hall–Kier alpha value is -2.62. The largest absolute Gasteiger partial charge is 0.481 e. The van der Waals surface area contributed by atoms with Gasteiger partial charge in [-0.1, -0.05) is 36.4 Å². The predicted molar refractivity (Wildman–Crippen MR) is 94.7 cm³/mol. The Labute approximate surface area is 147 Å². The van der Waals surface area contributed by atoms with E-state index in [1.165, 1.54) is 11.1 Å². The third-order valence-corrected chi connectivity index (χ3v) is 5.64. The molecule has 4 heteroatoms. The first-order valence-electron chi connectivity index (χ1n) is 8.80. The van der Waals surface area contributed by atoms with Gasteiger partial charge in [0.25, 0.3) is 5.91 Å². The van der Waals surface area contributed by atoms with E-state index in [1.807, 2.05) is 48.5 Å². The maximum Gasteiger partial charge on any atom is 0.316 e. The first kappa shape index (κ1) is 15.9. The predicted octanol–water partition coefficient (Wildman–Crippen LogP) is 3.04. The molecule has 0 saturated carbocycles. The number of hydrogen-bond donors (Lipinski definition) is 1. The lowest BCUT2D eigenvalue weighted by Gasteiger charge is -2.25. The monoisotopic (exact) mass is 335 g/mol. The maximum atomic E-state index is 12.9. The highest BCUT2D eigenvalue weighted by atomic mass is 16.4. The highest BCUT2D eigenvalue weighted by molar-refractivity contribution is 5.96. The lowest BCUT2D eigenvalue weighted by Crippen LogP contribution is -2.40. The Morgan fingerprint density at radius 2 is 1.76 bits per heavy atom. The number of fused-ring (bicyclic) bond motifs is 1. The topological polar surface area (TPSA) is 57.6 Å². The second kappa shape index (κ2) is 6.03. The van der Waals surface area contributed by atoms with E-state index in [9.17, 15) is 14.7 Å². The fourth-order valence-electron chi connectivity index (χ4n) is 4.16. The van der Waals surface area contributed by atoms with Crippen LogP contribution in [-0.4, -0.2) is 35.0 Å². The highest BCUT2D eigenvalue weighted by Crippen LogP contribution is 2.36. The number of likely N-dealkylation sites (tertiary alicyclic amines) is 1. The first-order valence-corrected chi connectivity index (χ1v) is 8.80. The van der Waals surface area contributed by atoms with Crippen LogP contribution >= 0.6 is 0 Å². The van der Waals surface area contributed by atoms with Crippen molar-refractivity contribution in [1.29, 1.82) is 0 Å². The zero-order valence-corrected chi connectivity index (χ0v) is 14.1. The van der Waals surface area contributed by atoms with Crippen molar-refractivity contribution in [2.24, 2.45) is 0 Å². The van der Waals surface area contributed by atoms with Crippen LogP contribution in [0.15, 0.2) is 48.5 Å². The van der Waals surface area contributed by atoms with Gasteiger partial charge in [-0.15, -0.1) is 0 Å². The van der Waals surface area contributed by atoms with E-state index in [0.29, 0.717) is 18.5 Å². The molecule has 1 aliphatic heterocycles. The number of nitrogens with zero attached hydrogens (tertiary/aromatic N) is 1. The molecule has 1 atom stereocenters. The van der Waals surface area contributed by atoms with Crippen molar-refractivity contribution in [2.45, 2.75) is 31.1 Å². The molecule has 2 aliphatic rings. The molecule has 0 aromatic heterocycles. The lowest BCUT2D eigenvalue weighted by atomic mass is 9.80. The molecule has 1 saturated heterocycles. The van der Waals surface area contributed by atoms with Crippen molar-refractivity contribution in [2.75, 3.05) is 13.1 Å². The zero-order valence-electron chi connectivity index (χ0n) is 14.1. The molecule has 0 bridgehead atoms. The normalized spacial score (nSPS) is 22.0. The van der Waals surface area contributed by atoms with Crippen LogP contribution in [-0.2, 0) is 23.1 Å². The molecule has 2 aromatic rings. The van der Waals surface area contributed by atoms with Crippen LogP contribution in [0.1, 0.15) is 39.9 Å². The minimum absolute atomic E-state index is 0.0613.